The van der Waals surface area contributed by atoms with Crippen LogP contribution in [-0.4, -0.2) is 46.1 Å². The zero-order chi connectivity index (χ0) is 11.0. The van der Waals surface area contributed by atoms with Crippen molar-refractivity contribution in [3.63, 3.8) is 0 Å². The van der Waals surface area contributed by atoms with Gasteiger partial charge in [-0.05, 0) is 6.92 Å². The van der Waals surface area contributed by atoms with E-state index in [9.17, 15) is 9.59 Å². The fourth-order valence-corrected chi connectivity index (χ4v) is 2.59. The van der Waals surface area contributed by atoms with Gasteiger partial charge in [0.2, 0.25) is 0 Å². The Morgan fingerprint density at radius 2 is 2.00 bits per heavy atom. The molecule has 0 aromatic carbocycles. The minimum atomic E-state index is -1.24. The molecule has 2 saturated heterocycles. The number of ether oxygens (including phenoxy) is 2. The van der Waals surface area contributed by atoms with Crippen molar-refractivity contribution in [1.82, 2.24) is 0 Å². The normalized spacial score (nSPS) is 45.5. The van der Waals surface area contributed by atoms with Gasteiger partial charge in [-0.2, -0.15) is 0 Å². The molecule has 3 aliphatic heterocycles. The fourth-order valence-electron chi connectivity index (χ4n) is 2.59. The molecule has 0 amide bonds. The lowest BCUT2D eigenvalue weighted by atomic mass is 9.83. The molecular formula is C9H8O6. The van der Waals surface area contributed by atoms with Gasteiger partial charge >= 0.3 is 11.9 Å². The summed E-state index contributed by atoms with van der Waals surface area (Å²) < 4.78 is 10.6. The SMILES string of the molecule is CC12OC(C(C(=O)O)=C1C(=O)O)C1OC12. The number of rotatable bonds is 2. The summed E-state index contributed by atoms with van der Waals surface area (Å²) in [7, 11) is 0. The van der Waals surface area contributed by atoms with Crippen molar-refractivity contribution in [3.05, 3.63) is 11.1 Å². The number of hydrogen-bond donors (Lipinski definition) is 2. The van der Waals surface area contributed by atoms with Gasteiger partial charge in [-0.1, -0.05) is 0 Å². The van der Waals surface area contributed by atoms with Gasteiger partial charge in [0.1, 0.15) is 23.9 Å². The third-order valence-electron chi connectivity index (χ3n) is 3.23. The smallest absolute Gasteiger partial charge is 0.335 e. The van der Waals surface area contributed by atoms with Crippen molar-refractivity contribution < 1.29 is 29.3 Å². The van der Waals surface area contributed by atoms with Crippen LogP contribution in [0.15, 0.2) is 11.1 Å². The predicted octanol–water partition coefficient (Wildman–Crippen LogP) is -0.609. The average molecular weight is 212 g/mol. The lowest BCUT2D eigenvalue weighted by Crippen LogP contribution is -2.36. The van der Waals surface area contributed by atoms with Crippen LogP contribution in [0.1, 0.15) is 6.92 Å². The number of epoxide rings is 1. The summed E-state index contributed by atoms with van der Waals surface area (Å²) in [6.45, 7) is 1.57. The van der Waals surface area contributed by atoms with Gasteiger partial charge in [0.05, 0.1) is 11.1 Å². The molecular weight excluding hydrogens is 204 g/mol. The summed E-state index contributed by atoms with van der Waals surface area (Å²) in [4.78, 5) is 22.0. The summed E-state index contributed by atoms with van der Waals surface area (Å²) in [6, 6.07) is 0. The Bertz CT molecular complexity index is 424. The number of aliphatic carboxylic acids is 2. The van der Waals surface area contributed by atoms with Gasteiger partial charge in [0, 0.05) is 0 Å². The number of carboxylic acid groups (broad SMARTS) is 2. The first-order chi connectivity index (χ1) is 6.97. The van der Waals surface area contributed by atoms with Crippen LogP contribution < -0.4 is 0 Å². The highest BCUT2D eigenvalue weighted by molar-refractivity contribution is 6.03. The van der Waals surface area contributed by atoms with Crippen molar-refractivity contribution in [2.75, 3.05) is 0 Å². The molecule has 2 N–H and O–H groups in total. The van der Waals surface area contributed by atoms with Crippen LogP contribution in [0, 0.1) is 0 Å². The molecule has 2 bridgehead atoms. The maximum Gasteiger partial charge on any atom is 0.335 e. The van der Waals surface area contributed by atoms with Gasteiger partial charge in [0.25, 0.3) is 0 Å². The van der Waals surface area contributed by atoms with Crippen LogP contribution >= 0.6 is 0 Å². The molecule has 80 valence electrons. The molecule has 0 aromatic heterocycles. The van der Waals surface area contributed by atoms with Crippen LogP contribution in [0.2, 0.25) is 0 Å². The van der Waals surface area contributed by atoms with Crippen molar-refractivity contribution in [1.29, 1.82) is 0 Å². The molecule has 4 unspecified atom stereocenters. The zero-order valence-electron chi connectivity index (χ0n) is 7.76. The van der Waals surface area contributed by atoms with Crippen LogP contribution in [0.5, 0.6) is 0 Å². The standard InChI is InChI=1S/C9H8O6/c1-9-3(8(12)13)2(7(10)11)4(15-9)5-6(9)14-5/h4-6H,1H3,(H,10,11)(H,12,13). The summed E-state index contributed by atoms with van der Waals surface area (Å²) in [6.07, 6.45) is -1.29. The molecule has 0 saturated carbocycles. The largest absolute Gasteiger partial charge is 0.478 e. The molecule has 6 heteroatoms. The van der Waals surface area contributed by atoms with Crippen molar-refractivity contribution in [2.45, 2.75) is 30.8 Å². The fraction of sp³-hybridized carbons (Fsp3) is 0.556. The maximum absolute atomic E-state index is 11.0. The number of fused-ring (bicyclic) bond motifs is 5. The van der Waals surface area contributed by atoms with Gasteiger partial charge in [0.15, 0.2) is 0 Å². The Morgan fingerprint density at radius 1 is 1.33 bits per heavy atom. The lowest BCUT2D eigenvalue weighted by Gasteiger charge is -2.20. The van der Waals surface area contributed by atoms with E-state index in [2.05, 4.69) is 0 Å². The number of carboxylic acids is 2. The average Bonchev–Trinajstić information content (AvgIpc) is 2.79. The van der Waals surface area contributed by atoms with Crippen LogP contribution in [0.25, 0.3) is 0 Å². The quantitative estimate of drug-likeness (QED) is 0.593. The monoisotopic (exact) mass is 212 g/mol. The summed E-state index contributed by atoms with van der Waals surface area (Å²) in [5.74, 6) is -2.48. The third-order valence-corrected chi connectivity index (χ3v) is 3.23. The van der Waals surface area contributed by atoms with Gasteiger partial charge in [-0.15, -0.1) is 0 Å². The van der Waals surface area contributed by atoms with E-state index in [1.165, 1.54) is 0 Å². The minimum absolute atomic E-state index is 0.163. The molecule has 3 rings (SSSR count). The van der Waals surface area contributed by atoms with Crippen LogP contribution in [0.4, 0.5) is 0 Å². The number of carbonyl (C=O) groups is 2. The van der Waals surface area contributed by atoms with E-state index in [0.29, 0.717) is 0 Å². The van der Waals surface area contributed by atoms with Gasteiger partial charge in [-0.25, -0.2) is 9.59 Å². The first-order valence-electron chi connectivity index (χ1n) is 4.51. The van der Waals surface area contributed by atoms with Crippen LogP contribution in [-0.2, 0) is 19.1 Å². The molecule has 3 heterocycles. The van der Waals surface area contributed by atoms with Gasteiger partial charge < -0.3 is 19.7 Å². The molecule has 15 heavy (non-hydrogen) atoms. The van der Waals surface area contributed by atoms with Gasteiger partial charge in [-0.3, -0.25) is 0 Å². The molecule has 0 radical (unpaired) electrons. The Labute approximate surface area is 84.1 Å². The van der Waals surface area contributed by atoms with E-state index < -0.39 is 23.6 Å². The topological polar surface area (TPSA) is 96.4 Å². The minimum Gasteiger partial charge on any atom is -0.478 e. The second-order valence-electron chi connectivity index (χ2n) is 4.07. The third kappa shape index (κ3) is 0.818. The van der Waals surface area contributed by atoms with E-state index in [1.54, 1.807) is 6.92 Å². The second-order valence-corrected chi connectivity index (χ2v) is 4.07. The first kappa shape index (κ1) is 8.87. The molecule has 2 fully saturated rings. The first-order valence-corrected chi connectivity index (χ1v) is 4.51. The highest BCUT2D eigenvalue weighted by atomic mass is 16.7. The molecule has 0 spiro atoms. The highest BCUT2D eigenvalue weighted by Crippen LogP contribution is 2.57. The highest BCUT2D eigenvalue weighted by Gasteiger charge is 2.73. The van der Waals surface area contributed by atoms with Crippen molar-refractivity contribution in [3.8, 4) is 0 Å². The zero-order valence-corrected chi connectivity index (χ0v) is 7.76. The maximum atomic E-state index is 11.0. The molecule has 6 nitrogen and oxygen atoms in total. The summed E-state index contributed by atoms with van der Waals surface area (Å²) >= 11 is 0. The Hall–Kier alpha value is -1.40. The van der Waals surface area contributed by atoms with E-state index >= 15 is 0 Å². The molecule has 4 atom stereocenters. The lowest BCUT2D eigenvalue weighted by molar-refractivity contribution is -0.136. The second kappa shape index (κ2) is 2.23. The van der Waals surface area contributed by atoms with E-state index in [0.717, 1.165) is 0 Å². The molecule has 0 aliphatic carbocycles. The molecule has 3 aliphatic rings. The summed E-state index contributed by atoms with van der Waals surface area (Å²) in [5, 5.41) is 17.9. The number of hydrogen-bond acceptors (Lipinski definition) is 4. The Kier molecular flexibility index (Phi) is 1.32. The Morgan fingerprint density at radius 3 is 2.53 bits per heavy atom. The van der Waals surface area contributed by atoms with Crippen molar-refractivity contribution in [2.24, 2.45) is 0 Å². The summed E-state index contributed by atoms with van der Waals surface area (Å²) in [5.41, 5.74) is -1.42. The van der Waals surface area contributed by atoms with Crippen molar-refractivity contribution >= 4 is 11.9 Å². The van der Waals surface area contributed by atoms with E-state index in [1.807, 2.05) is 0 Å². The Balaban J connectivity index is 2.19. The van der Waals surface area contributed by atoms with E-state index in [-0.39, 0.29) is 23.4 Å². The van der Waals surface area contributed by atoms with E-state index in [4.69, 9.17) is 19.7 Å². The van der Waals surface area contributed by atoms with Crippen LogP contribution in [0.3, 0.4) is 0 Å². The molecule has 0 aromatic rings. The predicted molar refractivity (Wildman–Crippen MR) is 44.2 cm³/mol.